The normalized spacial score (nSPS) is 11.8. The van der Waals surface area contributed by atoms with E-state index in [1.165, 1.54) is 7.11 Å². The van der Waals surface area contributed by atoms with E-state index in [0.29, 0.717) is 40.0 Å². The van der Waals surface area contributed by atoms with Crippen LogP contribution in [0.5, 0.6) is 5.75 Å². The highest BCUT2D eigenvalue weighted by atomic mass is 16.5. The number of nitriles is 1. The zero-order valence-electron chi connectivity index (χ0n) is 16.9. The van der Waals surface area contributed by atoms with Gasteiger partial charge in [-0.3, -0.25) is 9.59 Å². The lowest BCUT2D eigenvalue weighted by molar-refractivity contribution is 0.0951. The maximum Gasteiger partial charge on any atom is 0.256 e. The summed E-state index contributed by atoms with van der Waals surface area (Å²) in [6.45, 7) is 5.55. The van der Waals surface area contributed by atoms with Gasteiger partial charge in [0.05, 0.1) is 37.3 Å². The molecule has 3 aromatic rings. The lowest BCUT2D eigenvalue weighted by atomic mass is 10.1. The van der Waals surface area contributed by atoms with Crippen LogP contribution in [0.1, 0.15) is 46.7 Å². The number of aromatic amines is 1. The first-order valence-corrected chi connectivity index (χ1v) is 9.26. The van der Waals surface area contributed by atoms with Gasteiger partial charge < -0.3 is 19.6 Å². The molecule has 0 bridgehead atoms. The number of rotatable bonds is 6. The number of hydrogen-bond acceptors (Lipinski definition) is 5. The van der Waals surface area contributed by atoms with Crippen molar-refractivity contribution in [2.45, 2.75) is 39.8 Å². The van der Waals surface area contributed by atoms with Crippen LogP contribution in [0.2, 0.25) is 0 Å². The molecule has 0 aliphatic heterocycles. The first-order valence-electron chi connectivity index (χ1n) is 9.26. The highest BCUT2D eigenvalue weighted by Crippen LogP contribution is 2.29. The van der Waals surface area contributed by atoms with Gasteiger partial charge in [0.15, 0.2) is 0 Å². The summed E-state index contributed by atoms with van der Waals surface area (Å²) in [6, 6.07) is 7.36. The molecule has 29 heavy (non-hydrogen) atoms. The number of amides is 1. The van der Waals surface area contributed by atoms with Gasteiger partial charge in [0.25, 0.3) is 11.5 Å². The summed E-state index contributed by atoms with van der Waals surface area (Å²) in [5.74, 6) is 0.112. The van der Waals surface area contributed by atoms with Crippen LogP contribution in [0.4, 0.5) is 0 Å². The Kier molecular flexibility index (Phi) is 5.69. The molecular weight excluding hydrogens is 370 g/mol. The Morgan fingerprint density at radius 2 is 2.21 bits per heavy atom. The van der Waals surface area contributed by atoms with E-state index in [-0.39, 0.29) is 24.1 Å². The number of methoxy groups -OCH3 is 1. The Morgan fingerprint density at radius 1 is 1.45 bits per heavy atom. The average molecular weight is 393 g/mol. The summed E-state index contributed by atoms with van der Waals surface area (Å²) < 4.78 is 7.19. The van der Waals surface area contributed by atoms with Crippen LogP contribution in [-0.4, -0.2) is 27.6 Å². The number of pyridine rings is 2. The van der Waals surface area contributed by atoms with Crippen molar-refractivity contribution in [2.75, 3.05) is 7.11 Å². The van der Waals surface area contributed by atoms with E-state index in [4.69, 9.17) is 10.00 Å². The summed E-state index contributed by atoms with van der Waals surface area (Å²) in [7, 11) is 1.49. The van der Waals surface area contributed by atoms with E-state index in [1.807, 2.05) is 24.5 Å². The van der Waals surface area contributed by atoms with Crippen LogP contribution in [0.25, 0.3) is 11.0 Å². The van der Waals surface area contributed by atoms with Gasteiger partial charge in [-0.1, -0.05) is 0 Å². The molecule has 0 radical (unpaired) electrons. The number of fused-ring (bicyclic) bond motifs is 1. The lowest BCUT2D eigenvalue weighted by Crippen LogP contribution is -2.28. The van der Waals surface area contributed by atoms with E-state index in [9.17, 15) is 9.59 Å². The third kappa shape index (κ3) is 3.72. The minimum Gasteiger partial charge on any atom is -0.496 e. The predicted octanol–water partition coefficient (Wildman–Crippen LogP) is 2.75. The molecule has 0 saturated carbocycles. The van der Waals surface area contributed by atoms with Crippen molar-refractivity contribution in [3.05, 3.63) is 57.3 Å². The Balaban J connectivity index is 1.98. The van der Waals surface area contributed by atoms with Crippen LogP contribution in [0, 0.1) is 25.2 Å². The van der Waals surface area contributed by atoms with Crippen molar-refractivity contribution in [3.63, 3.8) is 0 Å². The molecule has 150 valence electrons. The Morgan fingerprint density at radius 3 is 2.90 bits per heavy atom. The predicted molar refractivity (Wildman–Crippen MR) is 109 cm³/mol. The number of nitrogens with zero attached hydrogens (tertiary/aromatic N) is 3. The summed E-state index contributed by atoms with van der Waals surface area (Å²) in [4.78, 5) is 32.5. The SMILES string of the molecule is COc1cc(C)[nH]c(=O)c1CNC(=O)c1c(C)n(C(C)CC#N)c2ncccc12. The van der Waals surface area contributed by atoms with Crippen LogP contribution in [0.3, 0.4) is 0 Å². The molecule has 0 saturated heterocycles. The monoisotopic (exact) mass is 393 g/mol. The van der Waals surface area contributed by atoms with Gasteiger partial charge in [-0.05, 0) is 39.0 Å². The fourth-order valence-electron chi connectivity index (χ4n) is 3.60. The quantitative estimate of drug-likeness (QED) is 0.669. The molecule has 0 aromatic carbocycles. The minimum absolute atomic E-state index is 0.0255. The van der Waals surface area contributed by atoms with E-state index < -0.39 is 0 Å². The second kappa shape index (κ2) is 8.19. The number of aromatic nitrogens is 3. The zero-order chi connectivity index (χ0) is 21.1. The van der Waals surface area contributed by atoms with Crippen LogP contribution < -0.4 is 15.6 Å². The fourth-order valence-corrected chi connectivity index (χ4v) is 3.60. The average Bonchev–Trinajstić information content (AvgIpc) is 2.98. The number of carbonyl (C=O) groups excluding carboxylic acids is 1. The van der Waals surface area contributed by atoms with Gasteiger partial charge in [0, 0.05) is 29.0 Å². The molecule has 0 aliphatic rings. The maximum absolute atomic E-state index is 13.1. The fraction of sp³-hybridized carbons (Fsp3) is 0.333. The summed E-state index contributed by atoms with van der Waals surface area (Å²) in [6.07, 6.45) is 1.97. The van der Waals surface area contributed by atoms with Crippen molar-refractivity contribution in [3.8, 4) is 11.8 Å². The molecule has 1 amide bonds. The van der Waals surface area contributed by atoms with Crippen molar-refractivity contribution in [2.24, 2.45) is 0 Å². The largest absolute Gasteiger partial charge is 0.496 e. The molecule has 8 heteroatoms. The Labute approximate surface area is 168 Å². The van der Waals surface area contributed by atoms with Crippen LogP contribution in [0.15, 0.2) is 29.2 Å². The topological polar surface area (TPSA) is 113 Å². The molecule has 2 N–H and O–H groups in total. The summed E-state index contributed by atoms with van der Waals surface area (Å²) in [5.41, 5.74) is 2.60. The highest BCUT2D eigenvalue weighted by molar-refractivity contribution is 6.07. The number of hydrogen-bond donors (Lipinski definition) is 2. The molecule has 3 heterocycles. The van der Waals surface area contributed by atoms with E-state index in [0.717, 1.165) is 5.69 Å². The van der Waals surface area contributed by atoms with E-state index in [1.54, 1.807) is 25.3 Å². The van der Waals surface area contributed by atoms with Crippen LogP contribution in [-0.2, 0) is 6.54 Å². The van der Waals surface area contributed by atoms with Crippen molar-refractivity contribution in [1.29, 1.82) is 5.26 Å². The van der Waals surface area contributed by atoms with Gasteiger partial charge >= 0.3 is 0 Å². The second-order valence-electron chi connectivity index (χ2n) is 6.93. The molecule has 3 rings (SSSR count). The number of nitrogens with one attached hydrogen (secondary N) is 2. The zero-order valence-corrected chi connectivity index (χ0v) is 16.9. The molecule has 1 atom stereocenters. The van der Waals surface area contributed by atoms with Crippen molar-refractivity contribution >= 4 is 16.9 Å². The first kappa shape index (κ1) is 20.1. The maximum atomic E-state index is 13.1. The number of ether oxygens (including phenoxy) is 1. The van der Waals surface area contributed by atoms with E-state index >= 15 is 0 Å². The standard InChI is InChI=1S/C21H23N5O3/c1-12-10-17(29-4)16(20(27)25-12)11-24-21(28)18-14(3)26(13(2)7-8-22)19-15(18)6-5-9-23-19/h5-6,9-10,13H,7,11H2,1-4H3,(H,24,28)(H,25,27). The first-order chi connectivity index (χ1) is 13.9. The molecule has 8 nitrogen and oxygen atoms in total. The third-order valence-electron chi connectivity index (χ3n) is 4.94. The molecule has 3 aromatic heterocycles. The molecule has 0 aliphatic carbocycles. The minimum atomic E-state index is -0.314. The number of carbonyl (C=O) groups is 1. The number of H-pyrrole nitrogens is 1. The number of aryl methyl sites for hydroxylation is 1. The Hall–Kier alpha value is -3.60. The van der Waals surface area contributed by atoms with Crippen molar-refractivity contribution < 1.29 is 9.53 Å². The molecular formula is C21H23N5O3. The summed E-state index contributed by atoms with van der Waals surface area (Å²) >= 11 is 0. The molecule has 0 fully saturated rings. The van der Waals surface area contributed by atoms with E-state index in [2.05, 4.69) is 21.4 Å². The van der Waals surface area contributed by atoms with Gasteiger partial charge in [-0.2, -0.15) is 5.26 Å². The van der Waals surface area contributed by atoms with Gasteiger partial charge in [0.2, 0.25) is 0 Å². The van der Waals surface area contributed by atoms with Gasteiger partial charge in [0.1, 0.15) is 11.4 Å². The lowest BCUT2D eigenvalue weighted by Gasteiger charge is -2.14. The smallest absolute Gasteiger partial charge is 0.256 e. The van der Waals surface area contributed by atoms with Gasteiger partial charge in [-0.25, -0.2) is 4.98 Å². The molecule has 0 spiro atoms. The van der Waals surface area contributed by atoms with Gasteiger partial charge in [-0.15, -0.1) is 0 Å². The van der Waals surface area contributed by atoms with Crippen LogP contribution >= 0.6 is 0 Å². The summed E-state index contributed by atoms with van der Waals surface area (Å²) in [5, 5.41) is 12.6. The van der Waals surface area contributed by atoms with Crippen molar-refractivity contribution in [1.82, 2.24) is 19.9 Å². The third-order valence-corrected chi connectivity index (χ3v) is 4.94. The molecule has 1 unspecified atom stereocenters. The Bertz CT molecular complexity index is 1170. The second-order valence-corrected chi connectivity index (χ2v) is 6.93. The highest BCUT2D eigenvalue weighted by Gasteiger charge is 2.23.